The molecular formula is C22H30N4O5S. The van der Waals surface area contributed by atoms with Crippen molar-refractivity contribution in [3.8, 4) is 11.5 Å². The van der Waals surface area contributed by atoms with Crippen LogP contribution in [0.2, 0.25) is 0 Å². The summed E-state index contributed by atoms with van der Waals surface area (Å²) in [5.74, 6) is 1.79. The fraction of sp³-hybridized carbons (Fsp3) is 0.545. The summed E-state index contributed by atoms with van der Waals surface area (Å²) in [6.45, 7) is 7.59. The van der Waals surface area contributed by atoms with Gasteiger partial charge in [-0.15, -0.1) is 0 Å². The minimum atomic E-state index is -3.59. The van der Waals surface area contributed by atoms with E-state index in [9.17, 15) is 13.2 Å². The molecule has 0 unspecified atom stereocenters. The molecule has 9 nitrogen and oxygen atoms in total. The molecule has 1 saturated heterocycles. The molecule has 0 radical (unpaired) electrons. The van der Waals surface area contributed by atoms with Gasteiger partial charge in [0.05, 0.1) is 17.9 Å². The molecule has 3 heterocycles. The number of nitrogens with zero attached hydrogens (tertiary/aromatic N) is 3. The van der Waals surface area contributed by atoms with Gasteiger partial charge in [0.25, 0.3) is 0 Å². The molecule has 1 aromatic heterocycles. The first-order chi connectivity index (χ1) is 15.3. The van der Waals surface area contributed by atoms with Crippen molar-refractivity contribution in [3.63, 3.8) is 0 Å². The molecule has 0 spiro atoms. The van der Waals surface area contributed by atoms with Gasteiger partial charge in [-0.05, 0) is 50.3 Å². The third-order valence-electron chi connectivity index (χ3n) is 6.13. The first-order valence-corrected chi connectivity index (χ1v) is 12.4. The summed E-state index contributed by atoms with van der Waals surface area (Å²) in [5, 5.41) is 7.30. The number of carbonyl (C=O) groups is 1. The summed E-state index contributed by atoms with van der Waals surface area (Å²) < 4.78 is 40.2. The number of amides is 1. The van der Waals surface area contributed by atoms with E-state index in [4.69, 9.17) is 9.47 Å². The summed E-state index contributed by atoms with van der Waals surface area (Å²) in [4.78, 5) is 12.6. The van der Waals surface area contributed by atoms with Crippen molar-refractivity contribution in [1.82, 2.24) is 19.4 Å². The van der Waals surface area contributed by atoms with E-state index in [2.05, 4.69) is 17.3 Å². The molecule has 2 aliphatic heterocycles. The third-order valence-corrected chi connectivity index (χ3v) is 8.28. The average Bonchev–Trinajstić information content (AvgIpc) is 3.34. The Morgan fingerprint density at radius 1 is 1.19 bits per heavy atom. The van der Waals surface area contributed by atoms with Gasteiger partial charge in [-0.2, -0.15) is 9.40 Å². The lowest BCUT2D eigenvalue weighted by atomic mass is 10.0. The van der Waals surface area contributed by atoms with Crippen LogP contribution in [0.25, 0.3) is 0 Å². The van der Waals surface area contributed by atoms with Crippen LogP contribution in [0.15, 0.2) is 23.1 Å². The van der Waals surface area contributed by atoms with E-state index in [1.165, 1.54) is 0 Å². The molecule has 1 aromatic carbocycles. The Morgan fingerprint density at radius 2 is 1.91 bits per heavy atom. The molecule has 0 bridgehead atoms. The monoisotopic (exact) mass is 462 g/mol. The topological polar surface area (TPSA) is 103 Å². The molecule has 2 aromatic rings. The van der Waals surface area contributed by atoms with Gasteiger partial charge in [-0.3, -0.25) is 9.48 Å². The maximum atomic E-state index is 13.2. The van der Waals surface area contributed by atoms with E-state index in [1.54, 1.807) is 22.8 Å². The van der Waals surface area contributed by atoms with Crippen molar-refractivity contribution in [3.05, 3.63) is 35.2 Å². The quantitative estimate of drug-likeness (QED) is 0.678. The zero-order valence-electron chi connectivity index (χ0n) is 18.8. The lowest BCUT2D eigenvalue weighted by Gasteiger charge is -2.29. The Balaban J connectivity index is 1.36. The Morgan fingerprint density at radius 3 is 2.66 bits per heavy atom. The zero-order valence-corrected chi connectivity index (χ0v) is 19.6. The van der Waals surface area contributed by atoms with Gasteiger partial charge in [0.2, 0.25) is 22.7 Å². The smallest absolute Gasteiger partial charge is 0.246 e. The number of hydrogen-bond donors (Lipinski definition) is 1. The maximum absolute atomic E-state index is 13.2. The predicted octanol–water partition coefficient (Wildman–Crippen LogP) is 2.36. The van der Waals surface area contributed by atoms with E-state index in [0.717, 1.165) is 18.4 Å². The van der Waals surface area contributed by atoms with Crippen LogP contribution >= 0.6 is 0 Å². The second-order valence-corrected chi connectivity index (χ2v) is 10.4. The highest BCUT2D eigenvalue weighted by molar-refractivity contribution is 7.89. The fourth-order valence-electron chi connectivity index (χ4n) is 4.17. The van der Waals surface area contributed by atoms with E-state index < -0.39 is 10.0 Å². The summed E-state index contributed by atoms with van der Waals surface area (Å²) in [7, 11) is -3.59. The number of carbonyl (C=O) groups excluding carboxylic acids is 1. The van der Waals surface area contributed by atoms with Gasteiger partial charge < -0.3 is 14.8 Å². The van der Waals surface area contributed by atoms with Crippen molar-refractivity contribution in [2.75, 3.05) is 19.9 Å². The molecule has 0 aliphatic carbocycles. The first-order valence-electron chi connectivity index (χ1n) is 10.9. The second kappa shape index (κ2) is 9.11. The maximum Gasteiger partial charge on any atom is 0.246 e. The van der Waals surface area contributed by atoms with Crippen molar-refractivity contribution in [2.45, 2.75) is 58.0 Å². The summed E-state index contributed by atoms with van der Waals surface area (Å²) in [6.07, 6.45) is 1.94. The van der Waals surface area contributed by atoms with Gasteiger partial charge in [0.1, 0.15) is 4.90 Å². The number of sulfonamides is 1. The van der Waals surface area contributed by atoms with Crippen LogP contribution < -0.4 is 14.8 Å². The van der Waals surface area contributed by atoms with Crippen LogP contribution in [0.4, 0.5) is 0 Å². The molecule has 1 fully saturated rings. The van der Waals surface area contributed by atoms with Crippen molar-refractivity contribution in [2.24, 2.45) is 5.92 Å². The lowest BCUT2D eigenvalue weighted by Crippen LogP contribution is -2.38. The largest absolute Gasteiger partial charge is 0.454 e. The highest BCUT2D eigenvalue weighted by atomic mass is 32.2. The first kappa shape index (κ1) is 22.6. The number of piperidine rings is 1. The minimum absolute atomic E-state index is 0.135. The van der Waals surface area contributed by atoms with E-state index >= 15 is 0 Å². The number of nitrogens with one attached hydrogen (secondary N) is 1. The molecule has 0 atom stereocenters. The van der Waals surface area contributed by atoms with Gasteiger partial charge in [-0.25, -0.2) is 8.42 Å². The number of ether oxygens (including phenoxy) is 2. The number of aryl methyl sites for hydroxylation is 2. The molecule has 1 amide bonds. The molecule has 0 saturated carbocycles. The SMILES string of the molecule is Cc1nn(CCC(=O)NCc2ccc3c(c2)OCO3)c(C)c1S(=O)(=O)N1CCC(C)CC1. The summed E-state index contributed by atoms with van der Waals surface area (Å²) in [5.41, 5.74) is 1.96. The van der Waals surface area contributed by atoms with Crippen LogP contribution in [0.3, 0.4) is 0 Å². The molecule has 32 heavy (non-hydrogen) atoms. The van der Waals surface area contributed by atoms with Gasteiger partial charge in [-0.1, -0.05) is 13.0 Å². The van der Waals surface area contributed by atoms with Crippen LogP contribution in [0.1, 0.15) is 43.1 Å². The lowest BCUT2D eigenvalue weighted by molar-refractivity contribution is -0.121. The average molecular weight is 463 g/mol. The number of fused-ring (bicyclic) bond motifs is 1. The Bertz CT molecular complexity index is 1100. The summed E-state index contributed by atoms with van der Waals surface area (Å²) in [6, 6.07) is 5.56. The Labute approximate surface area is 188 Å². The standard InChI is InChI=1S/C22H30N4O5S/c1-15-6-9-25(10-7-15)32(28,29)22-16(2)24-26(17(22)3)11-8-21(27)23-13-18-4-5-19-20(12-18)31-14-30-19/h4-5,12,15H,6-11,13-14H2,1-3H3,(H,23,27). The van der Waals surface area contributed by atoms with E-state index in [-0.39, 0.29) is 24.0 Å². The van der Waals surface area contributed by atoms with Gasteiger partial charge >= 0.3 is 0 Å². The normalized spacial score (nSPS) is 17.0. The van der Waals surface area contributed by atoms with E-state index in [1.807, 2.05) is 18.2 Å². The highest BCUT2D eigenvalue weighted by Crippen LogP contribution is 2.32. The summed E-state index contributed by atoms with van der Waals surface area (Å²) >= 11 is 0. The van der Waals surface area contributed by atoms with Crippen molar-refractivity contribution in [1.29, 1.82) is 0 Å². The molecule has 174 valence electrons. The van der Waals surface area contributed by atoms with Crippen LogP contribution in [0.5, 0.6) is 11.5 Å². The minimum Gasteiger partial charge on any atom is -0.454 e. The molecular weight excluding hydrogens is 432 g/mol. The Hall–Kier alpha value is -2.59. The van der Waals surface area contributed by atoms with Gasteiger partial charge in [0.15, 0.2) is 11.5 Å². The highest BCUT2D eigenvalue weighted by Gasteiger charge is 2.33. The molecule has 10 heteroatoms. The number of aromatic nitrogens is 2. The fourth-order valence-corrected chi connectivity index (χ4v) is 6.02. The van der Waals surface area contributed by atoms with Crippen molar-refractivity contribution >= 4 is 15.9 Å². The number of benzene rings is 1. The molecule has 1 N–H and O–H groups in total. The van der Waals surface area contributed by atoms with E-state index in [0.29, 0.717) is 55.0 Å². The third kappa shape index (κ3) is 4.61. The van der Waals surface area contributed by atoms with Crippen LogP contribution in [-0.2, 0) is 27.9 Å². The zero-order chi connectivity index (χ0) is 22.9. The molecule has 4 rings (SSSR count). The van der Waals surface area contributed by atoms with Crippen LogP contribution in [-0.4, -0.2) is 48.3 Å². The van der Waals surface area contributed by atoms with Crippen LogP contribution in [0, 0.1) is 19.8 Å². The predicted molar refractivity (Wildman–Crippen MR) is 118 cm³/mol. The second-order valence-electron chi connectivity index (χ2n) is 8.52. The van der Waals surface area contributed by atoms with Gasteiger partial charge in [0, 0.05) is 26.1 Å². The van der Waals surface area contributed by atoms with Crippen molar-refractivity contribution < 1.29 is 22.7 Å². The Kier molecular flexibility index (Phi) is 6.43. The number of hydrogen-bond acceptors (Lipinski definition) is 6. The number of rotatable bonds is 7. The molecule has 2 aliphatic rings.